The molecule has 4 N–H and O–H groups in total. The van der Waals surface area contributed by atoms with Gasteiger partial charge in [-0.1, -0.05) is 30.3 Å². The normalized spacial score (nSPS) is 23.0. The molecule has 0 aliphatic heterocycles. The summed E-state index contributed by atoms with van der Waals surface area (Å²) in [5, 5.41) is 11.6. The number of aromatic nitrogens is 4. The number of halogens is 1. The van der Waals surface area contributed by atoms with Crippen molar-refractivity contribution >= 4 is 22.8 Å². The van der Waals surface area contributed by atoms with Gasteiger partial charge in [-0.05, 0) is 12.5 Å². The van der Waals surface area contributed by atoms with Gasteiger partial charge in [-0.3, -0.25) is 4.68 Å². The quantitative estimate of drug-likeness (QED) is 0.619. The van der Waals surface area contributed by atoms with Crippen LogP contribution in [0.5, 0.6) is 0 Å². The first-order chi connectivity index (χ1) is 12.9. The molecule has 4 rings (SSSR count). The van der Waals surface area contributed by atoms with Gasteiger partial charge in [-0.15, -0.1) is 0 Å². The van der Waals surface area contributed by atoms with E-state index in [2.05, 4.69) is 25.7 Å². The van der Waals surface area contributed by atoms with E-state index in [1.165, 1.54) is 0 Å². The van der Waals surface area contributed by atoms with E-state index >= 15 is 0 Å². The molecule has 0 spiro atoms. The summed E-state index contributed by atoms with van der Waals surface area (Å²) in [6.07, 6.45) is 2.67. The van der Waals surface area contributed by atoms with Crippen molar-refractivity contribution in [2.45, 2.75) is 37.5 Å². The van der Waals surface area contributed by atoms with Crippen LogP contribution in [0, 0.1) is 0 Å². The summed E-state index contributed by atoms with van der Waals surface area (Å²) in [4.78, 5) is 9.13. The van der Waals surface area contributed by atoms with Gasteiger partial charge in [-0.25, -0.2) is 4.39 Å². The van der Waals surface area contributed by atoms with Crippen molar-refractivity contribution in [3.8, 4) is 0 Å². The van der Waals surface area contributed by atoms with Gasteiger partial charge in [0, 0.05) is 38.5 Å². The number of alkyl halides is 1. The second kappa shape index (κ2) is 6.77. The molecule has 0 bridgehead atoms. The Morgan fingerprint density at radius 1 is 1.30 bits per heavy atom. The van der Waals surface area contributed by atoms with Gasteiger partial charge < -0.3 is 16.4 Å². The molecule has 3 aromatic rings. The van der Waals surface area contributed by atoms with E-state index in [1.807, 2.05) is 37.4 Å². The van der Waals surface area contributed by atoms with Crippen LogP contribution in [-0.2, 0) is 7.05 Å². The largest absolute Gasteiger partial charge is 0.366 e. The molecule has 1 aliphatic rings. The molecule has 2 heterocycles. The average Bonchev–Trinajstić information content (AvgIpc) is 3.00. The second-order valence-electron chi connectivity index (χ2n) is 7.46. The SMILES string of the molecule is Cn1ncc2c(NC3CC(C)(F)C3)nc(NCC(N)c3ccccc3)nc21. The Bertz CT molecular complexity index is 930. The van der Waals surface area contributed by atoms with Gasteiger partial charge in [0.1, 0.15) is 11.5 Å². The highest BCUT2D eigenvalue weighted by Gasteiger charge is 2.40. The van der Waals surface area contributed by atoms with Crippen LogP contribution in [-0.4, -0.2) is 38.0 Å². The molecule has 1 aliphatic carbocycles. The van der Waals surface area contributed by atoms with Crippen LogP contribution in [0.1, 0.15) is 31.4 Å². The fraction of sp³-hybridized carbons (Fsp3) is 0.421. The number of fused-ring (bicyclic) bond motifs is 1. The van der Waals surface area contributed by atoms with Crippen molar-refractivity contribution < 1.29 is 4.39 Å². The van der Waals surface area contributed by atoms with Gasteiger partial charge >= 0.3 is 0 Å². The minimum atomic E-state index is -1.09. The molecular formula is C19H24FN7. The number of anilines is 2. The lowest BCUT2D eigenvalue weighted by atomic mass is 9.79. The standard InChI is InChI=1S/C19H24FN7/c1-19(20)8-13(9-19)24-16-14-10-23-27(2)17(14)26-18(25-16)22-11-15(21)12-6-4-3-5-7-12/h3-7,10,13,15H,8-9,11,21H2,1-2H3,(H2,22,24,25,26). The third kappa shape index (κ3) is 3.71. The van der Waals surface area contributed by atoms with Gasteiger partial charge in [0.15, 0.2) is 5.65 Å². The molecule has 1 fully saturated rings. The van der Waals surface area contributed by atoms with E-state index in [9.17, 15) is 4.39 Å². The number of nitrogens with one attached hydrogen (secondary N) is 2. The van der Waals surface area contributed by atoms with E-state index in [0.29, 0.717) is 36.8 Å². The van der Waals surface area contributed by atoms with E-state index in [1.54, 1.807) is 17.8 Å². The Morgan fingerprint density at radius 3 is 2.74 bits per heavy atom. The molecule has 27 heavy (non-hydrogen) atoms. The number of hydrogen-bond acceptors (Lipinski definition) is 6. The number of nitrogens with two attached hydrogens (primary N) is 1. The first-order valence-corrected chi connectivity index (χ1v) is 9.11. The highest BCUT2D eigenvalue weighted by atomic mass is 19.1. The fourth-order valence-electron chi connectivity index (χ4n) is 3.49. The van der Waals surface area contributed by atoms with Crippen LogP contribution >= 0.6 is 0 Å². The summed E-state index contributed by atoms with van der Waals surface area (Å²) in [6.45, 7) is 2.13. The zero-order chi connectivity index (χ0) is 19.0. The lowest BCUT2D eigenvalue weighted by Gasteiger charge is -2.39. The second-order valence-corrected chi connectivity index (χ2v) is 7.46. The highest BCUT2D eigenvalue weighted by Crippen LogP contribution is 2.38. The van der Waals surface area contributed by atoms with Crippen molar-refractivity contribution in [3.05, 3.63) is 42.1 Å². The molecule has 8 heteroatoms. The number of benzene rings is 1. The van der Waals surface area contributed by atoms with Crippen molar-refractivity contribution in [3.63, 3.8) is 0 Å². The molecule has 1 saturated carbocycles. The molecule has 2 aromatic heterocycles. The highest BCUT2D eigenvalue weighted by molar-refractivity contribution is 5.87. The molecule has 0 saturated heterocycles. The van der Waals surface area contributed by atoms with Crippen LogP contribution < -0.4 is 16.4 Å². The van der Waals surface area contributed by atoms with Crippen molar-refractivity contribution in [2.75, 3.05) is 17.2 Å². The predicted molar refractivity (Wildman–Crippen MR) is 104 cm³/mol. The Kier molecular flexibility index (Phi) is 4.43. The van der Waals surface area contributed by atoms with Gasteiger partial charge in [0.25, 0.3) is 0 Å². The predicted octanol–water partition coefficient (Wildman–Crippen LogP) is 2.78. The molecule has 0 radical (unpaired) electrons. The van der Waals surface area contributed by atoms with E-state index < -0.39 is 5.67 Å². The number of rotatable bonds is 6. The Morgan fingerprint density at radius 2 is 2.04 bits per heavy atom. The van der Waals surface area contributed by atoms with E-state index in [4.69, 9.17) is 5.73 Å². The number of nitrogens with zero attached hydrogens (tertiary/aromatic N) is 4. The zero-order valence-electron chi connectivity index (χ0n) is 15.5. The van der Waals surface area contributed by atoms with Gasteiger partial charge in [0.05, 0.1) is 11.6 Å². The summed E-state index contributed by atoms with van der Waals surface area (Å²) in [5.41, 5.74) is 6.91. The smallest absolute Gasteiger partial charge is 0.226 e. The summed E-state index contributed by atoms with van der Waals surface area (Å²) in [7, 11) is 1.83. The van der Waals surface area contributed by atoms with E-state index in [0.717, 1.165) is 10.9 Å². The summed E-state index contributed by atoms with van der Waals surface area (Å²) in [6, 6.07) is 9.78. The minimum Gasteiger partial charge on any atom is -0.366 e. The number of hydrogen-bond donors (Lipinski definition) is 3. The molecule has 7 nitrogen and oxygen atoms in total. The number of aryl methyl sites for hydroxylation is 1. The maximum absolute atomic E-state index is 13.8. The molecule has 1 atom stereocenters. The van der Waals surface area contributed by atoms with Crippen molar-refractivity contribution in [1.29, 1.82) is 0 Å². The maximum atomic E-state index is 13.8. The topological polar surface area (TPSA) is 93.7 Å². The van der Waals surface area contributed by atoms with Crippen LogP contribution in [0.15, 0.2) is 36.5 Å². The summed E-state index contributed by atoms with van der Waals surface area (Å²) < 4.78 is 15.5. The maximum Gasteiger partial charge on any atom is 0.226 e. The Hall–Kier alpha value is -2.74. The lowest BCUT2D eigenvalue weighted by molar-refractivity contribution is 0.0722. The fourth-order valence-corrected chi connectivity index (χ4v) is 3.49. The van der Waals surface area contributed by atoms with Crippen LogP contribution in [0.2, 0.25) is 0 Å². The van der Waals surface area contributed by atoms with E-state index in [-0.39, 0.29) is 12.1 Å². The molecular weight excluding hydrogens is 345 g/mol. The molecule has 0 amide bonds. The van der Waals surface area contributed by atoms with Crippen molar-refractivity contribution in [2.24, 2.45) is 12.8 Å². The first kappa shape index (κ1) is 17.7. The molecule has 1 unspecified atom stereocenters. The Labute approximate surface area is 157 Å². The van der Waals surface area contributed by atoms with Gasteiger partial charge in [0.2, 0.25) is 5.95 Å². The zero-order valence-corrected chi connectivity index (χ0v) is 15.5. The van der Waals surface area contributed by atoms with Crippen LogP contribution in [0.4, 0.5) is 16.2 Å². The van der Waals surface area contributed by atoms with Crippen LogP contribution in [0.3, 0.4) is 0 Å². The summed E-state index contributed by atoms with van der Waals surface area (Å²) >= 11 is 0. The monoisotopic (exact) mass is 369 g/mol. The molecule has 1 aromatic carbocycles. The average molecular weight is 369 g/mol. The third-order valence-corrected chi connectivity index (χ3v) is 4.98. The van der Waals surface area contributed by atoms with Crippen LogP contribution in [0.25, 0.3) is 11.0 Å². The lowest BCUT2D eigenvalue weighted by Crippen LogP contribution is -2.45. The third-order valence-electron chi connectivity index (χ3n) is 4.98. The van der Waals surface area contributed by atoms with Gasteiger partial charge in [-0.2, -0.15) is 15.1 Å². The molecule has 142 valence electrons. The first-order valence-electron chi connectivity index (χ1n) is 9.11. The van der Waals surface area contributed by atoms with Crippen molar-refractivity contribution in [1.82, 2.24) is 19.7 Å². The summed E-state index contributed by atoms with van der Waals surface area (Å²) in [5.74, 6) is 1.15. The minimum absolute atomic E-state index is 0.0673. The Balaban J connectivity index is 1.53.